The van der Waals surface area contributed by atoms with Crippen LogP contribution in [0.5, 0.6) is 0 Å². The number of nitrogens with two attached hydrogens (primary N) is 1. The predicted molar refractivity (Wildman–Crippen MR) is 78.6 cm³/mol. The first kappa shape index (κ1) is 14.3. The summed E-state index contributed by atoms with van der Waals surface area (Å²) in [6.45, 7) is 6.86. The van der Waals surface area contributed by atoms with Crippen molar-refractivity contribution in [3.05, 3.63) is 0 Å². The van der Waals surface area contributed by atoms with Gasteiger partial charge in [-0.1, -0.05) is 25.7 Å². The normalized spacial score (nSPS) is 24.5. The Labute approximate surface area is 113 Å². The van der Waals surface area contributed by atoms with E-state index in [1.807, 2.05) is 0 Å². The molecule has 0 radical (unpaired) electrons. The Morgan fingerprint density at radius 2 is 1.61 bits per heavy atom. The molecule has 2 aliphatic carbocycles. The second-order valence-corrected chi connectivity index (χ2v) is 6.79. The van der Waals surface area contributed by atoms with Crippen molar-refractivity contribution >= 4 is 0 Å². The van der Waals surface area contributed by atoms with E-state index >= 15 is 0 Å². The lowest BCUT2D eigenvalue weighted by Gasteiger charge is -2.39. The smallest absolute Gasteiger partial charge is 0.0249 e. The summed E-state index contributed by atoms with van der Waals surface area (Å²) in [7, 11) is 0. The molecule has 2 nitrogen and oxygen atoms in total. The van der Waals surface area contributed by atoms with E-state index in [-0.39, 0.29) is 0 Å². The van der Waals surface area contributed by atoms with Crippen molar-refractivity contribution in [1.82, 2.24) is 4.90 Å². The molecule has 2 saturated carbocycles. The molecule has 0 heterocycles. The zero-order valence-electron chi connectivity index (χ0n) is 12.4. The molecule has 0 aromatic heterocycles. The van der Waals surface area contributed by atoms with Gasteiger partial charge in [0.1, 0.15) is 0 Å². The lowest BCUT2D eigenvalue weighted by atomic mass is 9.89. The quantitative estimate of drug-likeness (QED) is 0.734. The molecule has 2 fully saturated rings. The minimum absolute atomic E-state index is 0.642. The van der Waals surface area contributed by atoms with Gasteiger partial charge < -0.3 is 5.73 Å². The Morgan fingerprint density at radius 1 is 1.00 bits per heavy atom. The molecule has 0 aromatic rings. The van der Waals surface area contributed by atoms with Gasteiger partial charge in [0.2, 0.25) is 0 Å². The third-order valence-electron chi connectivity index (χ3n) is 4.94. The zero-order valence-corrected chi connectivity index (χ0v) is 12.4. The maximum atomic E-state index is 6.15. The summed E-state index contributed by atoms with van der Waals surface area (Å²) in [5.74, 6) is 1.84. The maximum absolute atomic E-state index is 6.15. The van der Waals surface area contributed by atoms with E-state index in [4.69, 9.17) is 5.73 Å². The van der Waals surface area contributed by atoms with Crippen molar-refractivity contribution < 1.29 is 0 Å². The lowest BCUT2D eigenvalue weighted by molar-refractivity contribution is 0.0976. The monoisotopic (exact) mass is 252 g/mol. The zero-order chi connectivity index (χ0) is 13.0. The third kappa shape index (κ3) is 3.96. The Morgan fingerprint density at radius 3 is 2.06 bits per heavy atom. The molecular weight excluding hydrogens is 220 g/mol. The fraction of sp³-hybridized carbons (Fsp3) is 1.00. The number of hydrogen-bond donors (Lipinski definition) is 1. The fourth-order valence-electron chi connectivity index (χ4n) is 3.62. The molecule has 0 aliphatic heterocycles. The molecule has 2 aliphatic rings. The van der Waals surface area contributed by atoms with Crippen molar-refractivity contribution in [2.45, 2.75) is 77.3 Å². The average molecular weight is 252 g/mol. The van der Waals surface area contributed by atoms with E-state index in [2.05, 4.69) is 18.7 Å². The van der Waals surface area contributed by atoms with Gasteiger partial charge in [0, 0.05) is 25.2 Å². The van der Waals surface area contributed by atoms with Gasteiger partial charge in [-0.15, -0.1) is 0 Å². The highest BCUT2D eigenvalue weighted by Gasteiger charge is 2.32. The Bertz CT molecular complexity index is 227. The summed E-state index contributed by atoms with van der Waals surface area (Å²) in [6, 6.07) is 1.30. The molecule has 0 amide bonds. The van der Waals surface area contributed by atoms with E-state index in [0.717, 1.165) is 18.4 Å². The van der Waals surface area contributed by atoms with Gasteiger partial charge in [0.15, 0.2) is 0 Å². The lowest BCUT2D eigenvalue weighted by Crippen LogP contribution is -2.49. The van der Waals surface area contributed by atoms with Crippen molar-refractivity contribution in [3.8, 4) is 0 Å². The summed E-state index contributed by atoms with van der Waals surface area (Å²) in [6.07, 6.45) is 11.5. The highest BCUT2D eigenvalue weighted by molar-refractivity contribution is 4.87. The first-order chi connectivity index (χ1) is 8.72. The van der Waals surface area contributed by atoms with Crippen molar-refractivity contribution in [2.24, 2.45) is 17.6 Å². The van der Waals surface area contributed by atoms with Crippen LogP contribution in [0, 0.1) is 11.8 Å². The van der Waals surface area contributed by atoms with Gasteiger partial charge in [-0.3, -0.25) is 4.90 Å². The van der Waals surface area contributed by atoms with Crippen molar-refractivity contribution in [3.63, 3.8) is 0 Å². The standard InChI is InChI=1S/C16H32N2/c1-13(2)18(12-14-9-10-14)16(11-17)15-7-5-3-4-6-8-15/h13-16H,3-12,17H2,1-2H3. The summed E-state index contributed by atoms with van der Waals surface area (Å²) >= 11 is 0. The molecule has 18 heavy (non-hydrogen) atoms. The topological polar surface area (TPSA) is 29.3 Å². The van der Waals surface area contributed by atoms with Gasteiger partial charge >= 0.3 is 0 Å². The summed E-state index contributed by atoms with van der Waals surface area (Å²) in [4.78, 5) is 2.73. The van der Waals surface area contributed by atoms with Crippen LogP contribution < -0.4 is 5.73 Å². The minimum atomic E-state index is 0.642. The highest BCUT2D eigenvalue weighted by atomic mass is 15.2. The van der Waals surface area contributed by atoms with Crippen LogP contribution in [0.15, 0.2) is 0 Å². The fourth-order valence-corrected chi connectivity index (χ4v) is 3.62. The van der Waals surface area contributed by atoms with Crippen molar-refractivity contribution in [2.75, 3.05) is 13.1 Å². The van der Waals surface area contributed by atoms with E-state index in [1.54, 1.807) is 0 Å². The van der Waals surface area contributed by atoms with Gasteiger partial charge in [0.25, 0.3) is 0 Å². The van der Waals surface area contributed by atoms with Crippen LogP contribution in [0.3, 0.4) is 0 Å². The molecule has 106 valence electrons. The molecule has 0 bridgehead atoms. The van der Waals surface area contributed by atoms with Crippen LogP contribution >= 0.6 is 0 Å². The first-order valence-electron chi connectivity index (χ1n) is 8.18. The highest BCUT2D eigenvalue weighted by Crippen LogP contribution is 2.34. The second-order valence-electron chi connectivity index (χ2n) is 6.79. The Hall–Kier alpha value is -0.0800. The molecule has 2 rings (SSSR count). The van der Waals surface area contributed by atoms with Gasteiger partial charge in [0.05, 0.1) is 0 Å². The SMILES string of the molecule is CC(C)N(CC1CC1)C(CN)C1CCCCCC1. The van der Waals surface area contributed by atoms with Gasteiger partial charge in [-0.25, -0.2) is 0 Å². The first-order valence-corrected chi connectivity index (χ1v) is 8.18. The van der Waals surface area contributed by atoms with Crippen molar-refractivity contribution in [1.29, 1.82) is 0 Å². The van der Waals surface area contributed by atoms with Crippen LogP contribution in [0.25, 0.3) is 0 Å². The van der Waals surface area contributed by atoms with E-state index < -0.39 is 0 Å². The molecule has 2 N–H and O–H groups in total. The van der Waals surface area contributed by atoms with Crippen LogP contribution in [-0.4, -0.2) is 30.1 Å². The van der Waals surface area contributed by atoms with Crippen LogP contribution in [0.4, 0.5) is 0 Å². The molecular formula is C16H32N2. The molecule has 1 unspecified atom stereocenters. The van der Waals surface area contributed by atoms with Crippen LogP contribution in [0.2, 0.25) is 0 Å². The average Bonchev–Trinajstić information content (AvgIpc) is 3.15. The molecule has 0 saturated heterocycles. The van der Waals surface area contributed by atoms with Crippen LogP contribution in [-0.2, 0) is 0 Å². The Kier molecular flexibility index (Phi) is 5.50. The number of nitrogens with zero attached hydrogens (tertiary/aromatic N) is 1. The molecule has 0 spiro atoms. The van der Waals surface area contributed by atoms with Gasteiger partial charge in [-0.2, -0.15) is 0 Å². The molecule has 0 aromatic carbocycles. The predicted octanol–water partition coefficient (Wildman–Crippen LogP) is 3.40. The Balaban J connectivity index is 1.97. The van der Waals surface area contributed by atoms with E-state index in [1.165, 1.54) is 57.9 Å². The van der Waals surface area contributed by atoms with Crippen LogP contribution in [0.1, 0.15) is 65.2 Å². The van der Waals surface area contributed by atoms with E-state index in [0.29, 0.717) is 12.1 Å². The molecule has 2 heteroatoms. The largest absolute Gasteiger partial charge is 0.329 e. The van der Waals surface area contributed by atoms with Gasteiger partial charge in [-0.05, 0) is 51.4 Å². The third-order valence-corrected chi connectivity index (χ3v) is 4.94. The van der Waals surface area contributed by atoms with E-state index in [9.17, 15) is 0 Å². The minimum Gasteiger partial charge on any atom is -0.329 e. The second kappa shape index (κ2) is 6.91. The number of hydrogen-bond acceptors (Lipinski definition) is 2. The summed E-state index contributed by atoms with van der Waals surface area (Å²) in [5.41, 5.74) is 6.15. The summed E-state index contributed by atoms with van der Waals surface area (Å²) in [5, 5.41) is 0. The maximum Gasteiger partial charge on any atom is 0.0249 e. The molecule has 1 atom stereocenters. The summed E-state index contributed by atoms with van der Waals surface area (Å²) < 4.78 is 0. The number of rotatable bonds is 6.